The molecule has 0 aliphatic rings. The fourth-order valence-corrected chi connectivity index (χ4v) is 2.00. The van der Waals surface area contributed by atoms with Crippen LogP contribution in [0.5, 0.6) is 0 Å². The lowest BCUT2D eigenvalue weighted by Gasteiger charge is -2.05. The van der Waals surface area contributed by atoms with E-state index in [4.69, 9.17) is 5.73 Å². The van der Waals surface area contributed by atoms with Gasteiger partial charge in [0.25, 0.3) is 5.69 Å². The van der Waals surface area contributed by atoms with Gasteiger partial charge in [-0.3, -0.25) is 10.1 Å². The Morgan fingerprint density at radius 1 is 1.33 bits per heavy atom. The van der Waals surface area contributed by atoms with Gasteiger partial charge in [0.05, 0.1) is 12.0 Å². The molecule has 0 saturated heterocycles. The summed E-state index contributed by atoms with van der Waals surface area (Å²) in [6.45, 7) is 0. The molecule has 0 saturated carbocycles. The van der Waals surface area contributed by atoms with Gasteiger partial charge in [0.1, 0.15) is 5.69 Å². The van der Waals surface area contributed by atoms with Crippen LogP contribution in [0.3, 0.4) is 0 Å². The van der Waals surface area contributed by atoms with E-state index in [1.165, 1.54) is 31.4 Å². The highest BCUT2D eigenvalue weighted by molar-refractivity contribution is 5.94. The highest BCUT2D eigenvalue weighted by atomic mass is 16.6. The summed E-state index contributed by atoms with van der Waals surface area (Å²) in [4.78, 5) is 22.1. The maximum atomic E-state index is 11.9. The number of nitrogens with zero attached hydrogens (tertiary/aromatic N) is 6. The number of non-ortho nitro benzene ring substituents is 1. The number of ether oxygens (including phenoxy) is 1. The number of hydrogen-bond acceptors (Lipinski definition) is 10. The van der Waals surface area contributed by atoms with E-state index in [-0.39, 0.29) is 28.7 Å². The minimum Gasteiger partial charge on any atom is -0.464 e. The normalized spacial score (nSPS) is 10.5. The van der Waals surface area contributed by atoms with E-state index in [1.807, 2.05) is 0 Å². The molecule has 0 amide bonds. The van der Waals surface area contributed by atoms with Crippen molar-refractivity contribution in [3.8, 4) is 17.1 Å². The highest BCUT2D eigenvalue weighted by Gasteiger charge is 2.26. The van der Waals surface area contributed by atoms with Gasteiger partial charge in [0.2, 0.25) is 11.6 Å². The van der Waals surface area contributed by atoms with E-state index in [2.05, 4.69) is 30.0 Å². The Morgan fingerprint density at radius 2 is 2.04 bits per heavy atom. The van der Waals surface area contributed by atoms with Crippen molar-refractivity contribution in [1.82, 2.24) is 25.3 Å². The molecule has 24 heavy (non-hydrogen) atoms. The zero-order valence-electron chi connectivity index (χ0n) is 12.1. The number of methoxy groups -OCH3 is 1. The molecule has 3 rings (SSSR count). The average Bonchev–Trinajstić information content (AvgIpc) is 3.19. The van der Waals surface area contributed by atoms with E-state index < -0.39 is 10.9 Å². The van der Waals surface area contributed by atoms with Crippen molar-refractivity contribution >= 4 is 17.5 Å². The van der Waals surface area contributed by atoms with Gasteiger partial charge in [0.15, 0.2) is 5.69 Å². The molecule has 0 aliphatic heterocycles. The van der Waals surface area contributed by atoms with Crippen molar-refractivity contribution in [3.05, 3.63) is 40.1 Å². The van der Waals surface area contributed by atoms with Crippen LogP contribution in [-0.2, 0) is 4.74 Å². The average molecular weight is 331 g/mol. The second kappa shape index (κ2) is 5.75. The maximum absolute atomic E-state index is 11.9. The van der Waals surface area contributed by atoms with Crippen LogP contribution in [0.4, 0.5) is 11.5 Å². The van der Waals surface area contributed by atoms with Crippen molar-refractivity contribution in [2.45, 2.75) is 0 Å². The summed E-state index contributed by atoms with van der Waals surface area (Å²) in [5.74, 6) is -0.796. The van der Waals surface area contributed by atoms with E-state index in [9.17, 15) is 14.9 Å². The SMILES string of the molecule is COC(=O)c1nnn(-c2nonc2N)c1-c1ccc([N+](=O)[O-])cc1. The second-order valence-electron chi connectivity index (χ2n) is 4.47. The van der Waals surface area contributed by atoms with Gasteiger partial charge in [-0.15, -0.1) is 5.10 Å². The summed E-state index contributed by atoms with van der Waals surface area (Å²) in [7, 11) is 1.19. The summed E-state index contributed by atoms with van der Waals surface area (Å²) in [6.07, 6.45) is 0. The molecule has 1 aromatic carbocycles. The van der Waals surface area contributed by atoms with Gasteiger partial charge < -0.3 is 10.5 Å². The zero-order valence-corrected chi connectivity index (χ0v) is 12.1. The fourth-order valence-electron chi connectivity index (χ4n) is 2.00. The third-order valence-corrected chi connectivity index (χ3v) is 3.10. The Kier molecular flexibility index (Phi) is 3.61. The van der Waals surface area contributed by atoms with Crippen LogP contribution < -0.4 is 5.73 Å². The monoisotopic (exact) mass is 331 g/mol. The molecule has 0 aliphatic carbocycles. The first-order valence-electron chi connectivity index (χ1n) is 6.40. The Labute approximate surface area is 132 Å². The first-order chi connectivity index (χ1) is 11.5. The van der Waals surface area contributed by atoms with Crippen LogP contribution in [0.1, 0.15) is 10.5 Å². The fraction of sp³-hybridized carbons (Fsp3) is 0.0833. The van der Waals surface area contributed by atoms with Crippen molar-refractivity contribution < 1.29 is 19.1 Å². The molecule has 2 heterocycles. The quantitative estimate of drug-likeness (QED) is 0.406. The number of anilines is 1. The summed E-state index contributed by atoms with van der Waals surface area (Å²) >= 11 is 0. The lowest BCUT2D eigenvalue weighted by Crippen LogP contribution is -2.07. The van der Waals surface area contributed by atoms with Crippen LogP contribution in [0.15, 0.2) is 28.9 Å². The zero-order chi connectivity index (χ0) is 17.3. The summed E-state index contributed by atoms with van der Waals surface area (Å²) in [5, 5.41) is 25.4. The van der Waals surface area contributed by atoms with Gasteiger partial charge in [-0.2, -0.15) is 4.68 Å². The maximum Gasteiger partial charge on any atom is 0.360 e. The number of nitro benzene ring substituents is 1. The van der Waals surface area contributed by atoms with Crippen molar-refractivity contribution in [3.63, 3.8) is 0 Å². The predicted molar refractivity (Wildman–Crippen MR) is 77.1 cm³/mol. The summed E-state index contributed by atoms with van der Waals surface area (Å²) in [5.41, 5.74) is 6.00. The highest BCUT2D eigenvalue weighted by Crippen LogP contribution is 2.28. The molecule has 2 N–H and O–H groups in total. The predicted octanol–water partition coefficient (Wildman–Crippen LogP) is 0.594. The van der Waals surface area contributed by atoms with Gasteiger partial charge >= 0.3 is 5.97 Å². The number of nitrogen functional groups attached to an aromatic ring is 1. The number of aromatic nitrogens is 5. The number of carbonyl (C=O) groups excluding carboxylic acids is 1. The summed E-state index contributed by atoms with van der Waals surface area (Å²) < 4.78 is 10.3. The lowest BCUT2D eigenvalue weighted by atomic mass is 10.1. The van der Waals surface area contributed by atoms with Crippen LogP contribution in [0.25, 0.3) is 17.1 Å². The molecule has 0 atom stereocenters. The first-order valence-corrected chi connectivity index (χ1v) is 6.40. The molecule has 2 aromatic heterocycles. The number of carbonyl (C=O) groups is 1. The van der Waals surface area contributed by atoms with Gasteiger partial charge in [-0.05, 0) is 22.4 Å². The Balaban J connectivity index is 2.20. The number of nitrogens with two attached hydrogens (primary N) is 1. The van der Waals surface area contributed by atoms with Gasteiger partial charge in [-0.1, -0.05) is 5.21 Å². The molecular weight excluding hydrogens is 322 g/mol. The third-order valence-electron chi connectivity index (χ3n) is 3.10. The smallest absolute Gasteiger partial charge is 0.360 e. The van der Waals surface area contributed by atoms with E-state index >= 15 is 0 Å². The molecule has 0 radical (unpaired) electrons. The minimum absolute atomic E-state index is 0.0194. The molecule has 0 spiro atoms. The summed E-state index contributed by atoms with van der Waals surface area (Å²) in [6, 6.07) is 5.42. The molecular formula is C12H9N7O5. The van der Waals surface area contributed by atoms with Crippen LogP contribution in [0, 0.1) is 10.1 Å². The molecule has 3 aromatic rings. The minimum atomic E-state index is -0.746. The first kappa shape index (κ1) is 15.1. The number of esters is 1. The Hall–Kier alpha value is -3.83. The van der Waals surface area contributed by atoms with Crippen molar-refractivity contribution in [2.75, 3.05) is 12.8 Å². The number of rotatable bonds is 4. The topological polar surface area (TPSA) is 165 Å². The lowest BCUT2D eigenvalue weighted by molar-refractivity contribution is -0.384. The largest absolute Gasteiger partial charge is 0.464 e. The molecule has 12 nitrogen and oxygen atoms in total. The van der Waals surface area contributed by atoms with E-state index in [0.717, 1.165) is 4.68 Å². The Bertz CT molecular complexity index is 914. The van der Waals surface area contributed by atoms with E-state index in [0.29, 0.717) is 5.56 Å². The van der Waals surface area contributed by atoms with Crippen LogP contribution >= 0.6 is 0 Å². The second-order valence-corrected chi connectivity index (χ2v) is 4.47. The molecule has 12 heteroatoms. The standard InChI is InChI=1S/C12H9N7O5/c1-23-12(20)8-9(6-2-4-7(5-3-6)19(21)22)18(17-14-8)11-10(13)15-24-16-11/h2-5H,1H3,(H2,13,15). The molecule has 0 fully saturated rings. The van der Waals surface area contributed by atoms with Crippen LogP contribution in [-0.4, -0.2) is 43.3 Å². The third kappa shape index (κ3) is 2.41. The van der Waals surface area contributed by atoms with Crippen molar-refractivity contribution in [2.24, 2.45) is 0 Å². The Morgan fingerprint density at radius 3 is 2.58 bits per heavy atom. The number of nitro groups is 1. The van der Waals surface area contributed by atoms with Crippen molar-refractivity contribution in [1.29, 1.82) is 0 Å². The van der Waals surface area contributed by atoms with E-state index in [1.54, 1.807) is 0 Å². The van der Waals surface area contributed by atoms with Crippen LogP contribution in [0.2, 0.25) is 0 Å². The van der Waals surface area contributed by atoms with Gasteiger partial charge in [0, 0.05) is 17.7 Å². The molecule has 0 unspecified atom stereocenters. The number of benzene rings is 1. The van der Waals surface area contributed by atoms with Gasteiger partial charge in [-0.25, -0.2) is 9.42 Å². The number of hydrogen-bond donors (Lipinski definition) is 1. The molecule has 122 valence electrons. The molecule has 0 bridgehead atoms.